The Kier molecular flexibility index (Phi) is 3.16. The SMILES string of the molecule is COc1ccc(-c2cc(C(=O)O)nn2C)c(O)c1C. The quantitative estimate of drug-likeness (QED) is 0.881. The summed E-state index contributed by atoms with van der Waals surface area (Å²) in [7, 11) is 3.15. The zero-order valence-corrected chi connectivity index (χ0v) is 10.8. The van der Waals surface area contributed by atoms with Crippen molar-refractivity contribution in [2.45, 2.75) is 6.92 Å². The summed E-state index contributed by atoms with van der Waals surface area (Å²) >= 11 is 0. The van der Waals surface area contributed by atoms with Crippen LogP contribution in [0.5, 0.6) is 11.5 Å². The molecule has 0 aliphatic heterocycles. The predicted octanol–water partition coefficient (Wildman–Crippen LogP) is 1.81. The number of methoxy groups -OCH3 is 1. The molecule has 0 aliphatic carbocycles. The first-order valence-electron chi connectivity index (χ1n) is 5.60. The van der Waals surface area contributed by atoms with Crippen molar-refractivity contribution in [1.82, 2.24) is 9.78 Å². The molecular weight excluding hydrogens is 248 g/mol. The van der Waals surface area contributed by atoms with E-state index >= 15 is 0 Å². The molecule has 1 aromatic carbocycles. The summed E-state index contributed by atoms with van der Waals surface area (Å²) < 4.78 is 6.53. The molecule has 0 saturated heterocycles. The lowest BCUT2D eigenvalue weighted by atomic mass is 10.1. The molecule has 0 aliphatic rings. The molecule has 100 valence electrons. The van der Waals surface area contributed by atoms with Crippen molar-refractivity contribution in [3.05, 3.63) is 29.5 Å². The predicted molar refractivity (Wildman–Crippen MR) is 68.6 cm³/mol. The van der Waals surface area contributed by atoms with Gasteiger partial charge in [0.1, 0.15) is 11.5 Å². The molecule has 1 aromatic heterocycles. The van der Waals surface area contributed by atoms with Crippen LogP contribution in [0.15, 0.2) is 18.2 Å². The van der Waals surface area contributed by atoms with Crippen molar-refractivity contribution < 1.29 is 19.7 Å². The second kappa shape index (κ2) is 4.64. The van der Waals surface area contributed by atoms with E-state index in [9.17, 15) is 9.90 Å². The van der Waals surface area contributed by atoms with Crippen LogP contribution in [-0.2, 0) is 7.05 Å². The van der Waals surface area contributed by atoms with Gasteiger partial charge < -0.3 is 14.9 Å². The molecule has 0 spiro atoms. The molecule has 0 bridgehead atoms. The third-order valence-electron chi connectivity index (χ3n) is 2.98. The van der Waals surface area contributed by atoms with Crippen molar-refractivity contribution in [1.29, 1.82) is 0 Å². The Balaban J connectivity index is 2.59. The second-order valence-corrected chi connectivity index (χ2v) is 4.13. The molecule has 2 aromatic rings. The van der Waals surface area contributed by atoms with Crippen LogP contribution >= 0.6 is 0 Å². The van der Waals surface area contributed by atoms with E-state index in [1.165, 1.54) is 17.9 Å². The van der Waals surface area contributed by atoms with Gasteiger partial charge in [0.2, 0.25) is 0 Å². The number of phenolic OH excluding ortho intramolecular Hbond substituents is 1. The van der Waals surface area contributed by atoms with Crippen LogP contribution in [-0.4, -0.2) is 33.1 Å². The first kappa shape index (κ1) is 12.9. The number of aromatic hydroxyl groups is 1. The fourth-order valence-electron chi connectivity index (χ4n) is 1.93. The Morgan fingerprint density at radius 3 is 2.63 bits per heavy atom. The van der Waals surface area contributed by atoms with Crippen LogP contribution < -0.4 is 4.74 Å². The number of rotatable bonds is 3. The summed E-state index contributed by atoms with van der Waals surface area (Å²) in [5.74, 6) is -0.479. The maximum absolute atomic E-state index is 10.9. The summed E-state index contributed by atoms with van der Waals surface area (Å²) in [5, 5.41) is 23.0. The lowest BCUT2D eigenvalue weighted by molar-refractivity contribution is 0.0689. The number of aryl methyl sites for hydroxylation is 1. The summed E-state index contributed by atoms with van der Waals surface area (Å²) in [4.78, 5) is 10.9. The fourth-order valence-corrected chi connectivity index (χ4v) is 1.93. The highest BCUT2D eigenvalue weighted by Gasteiger charge is 2.17. The van der Waals surface area contributed by atoms with E-state index in [1.807, 2.05) is 0 Å². The molecule has 6 heteroatoms. The van der Waals surface area contributed by atoms with Gasteiger partial charge in [0.15, 0.2) is 5.69 Å². The molecule has 0 fully saturated rings. The van der Waals surface area contributed by atoms with E-state index in [4.69, 9.17) is 9.84 Å². The first-order chi connectivity index (χ1) is 8.95. The first-order valence-corrected chi connectivity index (χ1v) is 5.60. The van der Waals surface area contributed by atoms with Crippen molar-refractivity contribution in [2.24, 2.45) is 7.05 Å². The number of hydrogen-bond acceptors (Lipinski definition) is 4. The average molecular weight is 262 g/mol. The minimum absolute atomic E-state index is 0.0549. The number of hydrogen-bond donors (Lipinski definition) is 2. The van der Waals surface area contributed by atoms with Gasteiger partial charge in [0, 0.05) is 18.2 Å². The summed E-state index contributed by atoms with van der Waals surface area (Å²) in [6.45, 7) is 1.73. The van der Waals surface area contributed by atoms with Crippen molar-refractivity contribution >= 4 is 5.97 Å². The smallest absolute Gasteiger partial charge is 0.356 e. The van der Waals surface area contributed by atoms with Gasteiger partial charge >= 0.3 is 5.97 Å². The van der Waals surface area contributed by atoms with Crippen LogP contribution in [0.3, 0.4) is 0 Å². The highest BCUT2D eigenvalue weighted by Crippen LogP contribution is 2.36. The molecule has 0 amide bonds. The Bertz CT molecular complexity index is 646. The number of phenols is 1. The molecule has 2 rings (SSSR count). The zero-order chi connectivity index (χ0) is 14.2. The molecule has 0 atom stereocenters. The van der Waals surface area contributed by atoms with Gasteiger partial charge in [-0.15, -0.1) is 0 Å². The molecule has 0 unspecified atom stereocenters. The fraction of sp³-hybridized carbons (Fsp3) is 0.231. The van der Waals surface area contributed by atoms with E-state index in [-0.39, 0.29) is 11.4 Å². The van der Waals surface area contributed by atoms with Gasteiger partial charge in [-0.25, -0.2) is 4.79 Å². The van der Waals surface area contributed by atoms with Crippen LogP contribution in [0, 0.1) is 6.92 Å². The van der Waals surface area contributed by atoms with Gasteiger partial charge in [-0.2, -0.15) is 5.10 Å². The Morgan fingerprint density at radius 2 is 2.11 bits per heavy atom. The number of carbonyl (C=O) groups is 1. The maximum Gasteiger partial charge on any atom is 0.356 e. The average Bonchev–Trinajstić information content (AvgIpc) is 2.75. The number of carboxylic acids is 1. The van der Waals surface area contributed by atoms with Gasteiger partial charge in [0.25, 0.3) is 0 Å². The lowest BCUT2D eigenvalue weighted by Gasteiger charge is -2.11. The maximum atomic E-state index is 10.9. The molecule has 0 radical (unpaired) electrons. The minimum atomic E-state index is -1.11. The van der Waals surface area contributed by atoms with Crippen LogP contribution in [0.4, 0.5) is 0 Å². The van der Waals surface area contributed by atoms with Crippen molar-refractivity contribution in [2.75, 3.05) is 7.11 Å². The van der Waals surface area contributed by atoms with Gasteiger partial charge in [-0.05, 0) is 25.1 Å². The number of aromatic nitrogens is 2. The Morgan fingerprint density at radius 1 is 1.42 bits per heavy atom. The molecular formula is C13H14N2O4. The van der Waals surface area contributed by atoms with Gasteiger partial charge in [0.05, 0.1) is 12.8 Å². The monoisotopic (exact) mass is 262 g/mol. The number of aromatic carboxylic acids is 1. The Hall–Kier alpha value is -2.50. The van der Waals surface area contributed by atoms with E-state index in [0.29, 0.717) is 22.6 Å². The summed E-state index contributed by atoms with van der Waals surface area (Å²) in [6.07, 6.45) is 0. The molecule has 19 heavy (non-hydrogen) atoms. The van der Waals surface area contributed by atoms with Crippen molar-refractivity contribution in [3.8, 4) is 22.8 Å². The van der Waals surface area contributed by atoms with Gasteiger partial charge in [-0.3, -0.25) is 4.68 Å². The van der Waals surface area contributed by atoms with E-state index in [1.54, 1.807) is 26.1 Å². The highest BCUT2D eigenvalue weighted by atomic mass is 16.5. The number of benzene rings is 1. The molecule has 0 saturated carbocycles. The summed E-state index contributed by atoms with van der Waals surface area (Å²) in [6, 6.07) is 4.81. The lowest BCUT2D eigenvalue weighted by Crippen LogP contribution is -1.99. The van der Waals surface area contributed by atoms with E-state index in [2.05, 4.69) is 5.10 Å². The molecule has 2 N–H and O–H groups in total. The van der Waals surface area contributed by atoms with E-state index in [0.717, 1.165) is 0 Å². The third kappa shape index (κ3) is 2.12. The Labute approximate surface area is 109 Å². The topological polar surface area (TPSA) is 84.6 Å². The largest absolute Gasteiger partial charge is 0.507 e. The number of ether oxygens (including phenoxy) is 1. The normalized spacial score (nSPS) is 10.5. The zero-order valence-electron chi connectivity index (χ0n) is 10.8. The van der Waals surface area contributed by atoms with Crippen molar-refractivity contribution in [3.63, 3.8) is 0 Å². The van der Waals surface area contributed by atoms with Crippen LogP contribution in [0.1, 0.15) is 16.1 Å². The van der Waals surface area contributed by atoms with Crippen LogP contribution in [0.25, 0.3) is 11.3 Å². The van der Waals surface area contributed by atoms with E-state index < -0.39 is 5.97 Å². The highest BCUT2D eigenvalue weighted by molar-refractivity contribution is 5.87. The standard InChI is InChI=1S/C13H14N2O4/c1-7-11(19-3)5-4-8(12(7)16)10-6-9(13(17)18)14-15(10)2/h4-6,16H,1-3H3,(H,17,18). The van der Waals surface area contributed by atoms with Gasteiger partial charge in [-0.1, -0.05) is 0 Å². The van der Waals surface area contributed by atoms with Crippen LogP contribution in [0.2, 0.25) is 0 Å². The molecule has 1 heterocycles. The number of carboxylic acid groups (broad SMARTS) is 1. The summed E-state index contributed by atoms with van der Waals surface area (Å²) in [5.41, 5.74) is 1.57. The second-order valence-electron chi connectivity index (χ2n) is 4.13. The minimum Gasteiger partial charge on any atom is -0.507 e. The molecule has 6 nitrogen and oxygen atoms in total. The third-order valence-corrected chi connectivity index (χ3v) is 2.98. The number of nitrogens with zero attached hydrogens (tertiary/aromatic N) is 2.